The number of nitrogens with zero attached hydrogens (tertiary/aromatic N) is 1. The maximum atomic E-state index is 13.0. The molecule has 1 aromatic heterocycles. The van der Waals surface area contributed by atoms with Gasteiger partial charge >= 0.3 is 12.3 Å². The van der Waals surface area contributed by atoms with E-state index in [0.717, 1.165) is 16.5 Å². The van der Waals surface area contributed by atoms with Crippen molar-refractivity contribution in [3.63, 3.8) is 0 Å². The van der Waals surface area contributed by atoms with Crippen molar-refractivity contribution in [2.45, 2.75) is 71.2 Å². The Morgan fingerprint density at radius 1 is 1.23 bits per heavy atom. The number of carbonyl (C=O) groups excluding carboxylic acids is 2. The van der Waals surface area contributed by atoms with Gasteiger partial charge in [-0.25, -0.2) is 4.79 Å². The van der Waals surface area contributed by atoms with Crippen molar-refractivity contribution in [3.05, 3.63) is 47.7 Å². The van der Waals surface area contributed by atoms with Crippen molar-refractivity contribution < 1.29 is 27.5 Å². The fourth-order valence-corrected chi connectivity index (χ4v) is 4.00. The maximum Gasteiger partial charge on any atom is 0.407 e. The van der Waals surface area contributed by atoms with Gasteiger partial charge in [0.2, 0.25) is 0 Å². The van der Waals surface area contributed by atoms with Crippen LogP contribution in [0.1, 0.15) is 69.3 Å². The SMILES string of the molecule is C[C@H](CCNC(=O)OC(C)(C)C)NC(=O)c1cnc2c(C3=CCC(C(F)(F)F)CC3)cccc2c1. The monoisotopic (exact) mass is 491 g/mol. The van der Waals surface area contributed by atoms with Crippen LogP contribution in [-0.4, -0.2) is 41.3 Å². The summed E-state index contributed by atoms with van der Waals surface area (Å²) in [4.78, 5) is 28.9. The first-order valence-electron chi connectivity index (χ1n) is 11.8. The number of alkyl halides is 3. The molecule has 0 spiro atoms. The lowest BCUT2D eigenvalue weighted by Gasteiger charge is -2.24. The van der Waals surface area contributed by atoms with Crippen LogP contribution >= 0.6 is 0 Å². The van der Waals surface area contributed by atoms with E-state index in [1.54, 1.807) is 32.9 Å². The highest BCUT2D eigenvalue weighted by Gasteiger charge is 2.39. The standard InChI is InChI=1S/C26H32F3N3O3/c1-16(12-13-30-24(34)35-25(2,3)4)32-23(33)19-14-18-6-5-7-21(22(18)31-15-19)17-8-10-20(11-9-17)26(27,28)29/h5-8,14-16,20H,9-13H2,1-4H3,(H,30,34)(H,32,33)/t16-,20?/m1/s1. The first kappa shape index (κ1) is 26.5. The van der Waals surface area contributed by atoms with Crippen LogP contribution in [0.3, 0.4) is 0 Å². The van der Waals surface area contributed by atoms with Crippen LogP contribution in [0.15, 0.2) is 36.5 Å². The molecule has 0 radical (unpaired) electrons. The van der Waals surface area contributed by atoms with E-state index in [1.165, 1.54) is 6.20 Å². The Hall–Kier alpha value is -3.10. The topological polar surface area (TPSA) is 80.3 Å². The van der Waals surface area contributed by atoms with Gasteiger partial charge in [0.25, 0.3) is 5.91 Å². The summed E-state index contributed by atoms with van der Waals surface area (Å²) in [5.41, 5.74) is 2.13. The zero-order valence-corrected chi connectivity index (χ0v) is 20.5. The molecule has 190 valence electrons. The van der Waals surface area contributed by atoms with E-state index in [1.807, 2.05) is 25.1 Å². The van der Waals surface area contributed by atoms with Crippen molar-refractivity contribution in [1.82, 2.24) is 15.6 Å². The number of amides is 2. The van der Waals surface area contributed by atoms with E-state index < -0.39 is 23.8 Å². The van der Waals surface area contributed by atoms with Crippen LogP contribution in [0.25, 0.3) is 16.5 Å². The number of allylic oxidation sites excluding steroid dienone is 2. The van der Waals surface area contributed by atoms with Crippen molar-refractivity contribution in [2.75, 3.05) is 6.54 Å². The average molecular weight is 492 g/mol. The zero-order valence-electron chi connectivity index (χ0n) is 20.5. The molecule has 2 atom stereocenters. The highest BCUT2D eigenvalue weighted by molar-refractivity contribution is 5.99. The largest absolute Gasteiger partial charge is 0.444 e. The van der Waals surface area contributed by atoms with E-state index in [4.69, 9.17) is 4.74 Å². The van der Waals surface area contributed by atoms with Gasteiger partial charge in [-0.15, -0.1) is 0 Å². The lowest BCUT2D eigenvalue weighted by atomic mass is 9.85. The molecule has 1 aliphatic carbocycles. The molecule has 0 saturated heterocycles. The van der Waals surface area contributed by atoms with E-state index in [2.05, 4.69) is 15.6 Å². The number of ether oxygens (including phenoxy) is 1. The molecule has 0 saturated carbocycles. The summed E-state index contributed by atoms with van der Waals surface area (Å²) < 4.78 is 44.2. The minimum Gasteiger partial charge on any atom is -0.444 e. The molecule has 3 rings (SSSR count). The summed E-state index contributed by atoms with van der Waals surface area (Å²) in [5, 5.41) is 6.30. The molecular weight excluding hydrogens is 459 g/mol. The minimum absolute atomic E-state index is 0.0314. The van der Waals surface area contributed by atoms with E-state index >= 15 is 0 Å². The van der Waals surface area contributed by atoms with Crippen molar-refractivity contribution >= 4 is 28.5 Å². The summed E-state index contributed by atoms with van der Waals surface area (Å²) in [6, 6.07) is 7.04. The summed E-state index contributed by atoms with van der Waals surface area (Å²) in [6.45, 7) is 7.53. The third-order valence-corrected chi connectivity index (χ3v) is 5.82. The minimum atomic E-state index is -4.18. The Bertz CT molecular complexity index is 1110. The van der Waals surface area contributed by atoms with E-state index in [9.17, 15) is 22.8 Å². The number of nitrogens with one attached hydrogen (secondary N) is 2. The average Bonchev–Trinajstić information content (AvgIpc) is 2.76. The van der Waals surface area contributed by atoms with E-state index in [-0.39, 0.29) is 24.8 Å². The number of pyridine rings is 1. The van der Waals surface area contributed by atoms with Gasteiger partial charge in [0.1, 0.15) is 5.60 Å². The second kappa shape index (κ2) is 10.7. The molecule has 1 heterocycles. The van der Waals surface area contributed by atoms with Gasteiger partial charge in [0, 0.05) is 29.7 Å². The Morgan fingerprint density at radius 3 is 2.60 bits per heavy atom. The Morgan fingerprint density at radius 2 is 1.97 bits per heavy atom. The molecule has 0 fully saturated rings. The van der Waals surface area contributed by atoms with Gasteiger partial charge in [-0.2, -0.15) is 13.2 Å². The molecule has 2 aromatic rings. The number of halogens is 3. The van der Waals surface area contributed by atoms with Crippen LogP contribution < -0.4 is 10.6 Å². The predicted octanol–water partition coefficient (Wildman–Crippen LogP) is 6.01. The van der Waals surface area contributed by atoms with Crippen molar-refractivity contribution in [2.24, 2.45) is 5.92 Å². The van der Waals surface area contributed by atoms with Crippen LogP contribution in [0.5, 0.6) is 0 Å². The lowest BCUT2D eigenvalue weighted by Crippen LogP contribution is -2.37. The Kier molecular flexibility index (Phi) is 8.07. The Labute approximate surface area is 203 Å². The van der Waals surface area contributed by atoms with Crippen LogP contribution in [0.2, 0.25) is 0 Å². The van der Waals surface area contributed by atoms with Crippen molar-refractivity contribution in [3.8, 4) is 0 Å². The molecule has 1 unspecified atom stereocenters. The summed E-state index contributed by atoms with van der Waals surface area (Å²) >= 11 is 0. The highest BCUT2D eigenvalue weighted by atomic mass is 19.4. The second-order valence-electron chi connectivity index (χ2n) is 9.94. The number of benzene rings is 1. The molecule has 2 N–H and O–H groups in total. The molecule has 1 aromatic carbocycles. The van der Waals surface area contributed by atoms with Gasteiger partial charge in [-0.05, 0) is 65.0 Å². The maximum absolute atomic E-state index is 13.0. The smallest absolute Gasteiger partial charge is 0.407 e. The molecule has 2 amide bonds. The number of hydrogen-bond donors (Lipinski definition) is 2. The molecule has 35 heavy (non-hydrogen) atoms. The third-order valence-electron chi connectivity index (χ3n) is 5.82. The zero-order chi connectivity index (χ0) is 25.8. The number of carbonyl (C=O) groups is 2. The molecule has 1 aliphatic rings. The quantitative estimate of drug-likeness (QED) is 0.518. The Balaban J connectivity index is 1.62. The number of alkyl carbamates (subject to hydrolysis) is 1. The van der Waals surface area contributed by atoms with Gasteiger partial charge in [-0.3, -0.25) is 9.78 Å². The van der Waals surface area contributed by atoms with Crippen LogP contribution in [0.4, 0.5) is 18.0 Å². The van der Waals surface area contributed by atoms with Crippen LogP contribution in [-0.2, 0) is 4.74 Å². The second-order valence-corrected chi connectivity index (χ2v) is 9.94. The number of para-hydroxylation sites is 1. The van der Waals surface area contributed by atoms with Gasteiger partial charge in [-0.1, -0.05) is 24.3 Å². The first-order valence-corrected chi connectivity index (χ1v) is 11.8. The van der Waals surface area contributed by atoms with Crippen molar-refractivity contribution in [1.29, 1.82) is 0 Å². The molecule has 6 nitrogen and oxygen atoms in total. The number of aromatic nitrogens is 1. The molecule has 0 aliphatic heterocycles. The van der Waals surface area contributed by atoms with Gasteiger partial charge in [0.15, 0.2) is 0 Å². The third kappa shape index (κ3) is 7.44. The molecule has 0 bridgehead atoms. The molecule has 9 heteroatoms. The number of hydrogen-bond acceptors (Lipinski definition) is 4. The van der Waals surface area contributed by atoms with E-state index in [0.29, 0.717) is 30.5 Å². The summed E-state index contributed by atoms with van der Waals surface area (Å²) in [6.07, 6.45) is -0.660. The van der Waals surface area contributed by atoms with Crippen LogP contribution in [0, 0.1) is 5.92 Å². The highest BCUT2D eigenvalue weighted by Crippen LogP contribution is 2.40. The summed E-state index contributed by atoms with van der Waals surface area (Å²) in [7, 11) is 0. The first-order chi connectivity index (χ1) is 16.3. The fourth-order valence-electron chi connectivity index (χ4n) is 4.00. The normalized spacial score (nSPS) is 17.5. The predicted molar refractivity (Wildman–Crippen MR) is 129 cm³/mol. The van der Waals surface area contributed by atoms with Gasteiger partial charge < -0.3 is 15.4 Å². The lowest BCUT2D eigenvalue weighted by molar-refractivity contribution is -0.175. The number of fused-ring (bicyclic) bond motifs is 1. The van der Waals surface area contributed by atoms with Gasteiger partial charge in [0.05, 0.1) is 17.0 Å². The summed E-state index contributed by atoms with van der Waals surface area (Å²) in [5.74, 6) is -1.59. The fraction of sp³-hybridized carbons (Fsp3) is 0.500. The number of rotatable bonds is 6. The molecular formula is C26H32F3N3O3.